The predicted octanol–water partition coefficient (Wildman–Crippen LogP) is 0.668. The molecule has 5 nitrogen and oxygen atoms in total. The summed E-state index contributed by atoms with van der Waals surface area (Å²) in [7, 11) is -2.58. The van der Waals surface area contributed by atoms with Gasteiger partial charge in [0.1, 0.15) is 0 Å². The molecule has 0 heterocycles. The first kappa shape index (κ1) is 15.0. The minimum Gasteiger partial charge on any atom is -0.374 e. The van der Waals surface area contributed by atoms with Gasteiger partial charge in [-0.05, 0) is 33.7 Å². The van der Waals surface area contributed by atoms with Gasteiger partial charge in [-0.2, -0.15) is 0 Å². The Hall–Kier alpha value is 0.0169. The lowest BCUT2D eigenvalue weighted by Gasteiger charge is -2.30. The van der Waals surface area contributed by atoms with Crippen molar-refractivity contribution >= 4 is 8.80 Å². The highest BCUT2D eigenvalue weighted by Crippen LogP contribution is 2.18. The van der Waals surface area contributed by atoms with E-state index in [2.05, 4.69) is 0 Å². The molecule has 0 spiro atoms. The molecule has 4 N–H and O–H groups in total. The van der Waals surface area contributed by atoms with Gasteiger partial charge in [-0.25, -0.2) is 0 Å². The third-order valence-electron chi connectivity index (χ3n) is 1.78. The molecule has 6 heteroatoms. The van der Waals surface area contributed by atoms with E-state index in [9.17, 15) is 0 Å². The first-order valence-corrected chi connectivity index (χ1v) is 7.44. The fourth-order valence-corrected chi connectivity index (χ4v) is 4.06. The highest BCUT2D eigenvalue weighted by molar-refractivity contribution is 6.60. The maximum Gasteiger partial charge on any atom is 0.502 e. The van der Waals surface area contributed by atoms with E-state index >= 15 is 0 Å². The zero-order valence-corrected chi connectivity index (χ0v) is 11.0. The topological polar surface area (TPSA) is 79.7 Å². The summed E-state index contributed by atoms with van der Waals surface area (Å²) >= 11 is 0. The standard InChI is InChI=1S/C9H24N2O3Si/c1-4-12-15(13-5-2,8-6-7-10)14-9(3)11/h9H,4-8,10-11H2,1-3H3. The van der Waals surface area contributed by atoms with E-state index in [1.807, 2.05) is 13.8 Å². The predicted molar refractivity (Wildman–Crippen MR) is 62.2 cm³/mol. The van der Waals surface area contributed by atoms with Gasteiger partial charge in [0.2, 0.25) is 0 Å². The molecule has 0 rings (SSSR count). The van der Waals surface area contributed by atoms with Crippen molar-refractivity contribution in [3.63, 3.8) is 0 Å². The van der Waals surface area contributed by atoms with Crippen LogP contribution in [-0.2, 0) is 13.3 Å². The van der Waals surface area contributed by atoms with E-state index in [0.29, 0.717) is 19.8 Å². The second-order valence-electron chi connectivity index (χ2n) is 3.26. The summed E-state index contributed by atoms with van der Waals surface area (Å²) in [6.45, 7) is 7.38. The second-order valence-corrected chi connectivity index (χ2v) is 5.94. The summed E-state index contributed by atoms with van der Waals surface area (Å²) in [6, 6.07) is 0.729. The highest BCUT2D eigenvalue weighted by atomic mass is 28.4. The van der Waals surface area contributed by atoms with Crippen molar-refractivity contribution in [3.8, 4) is 0 Å². The molecule has 0 aromatic heterocycles. The zero-order chi connectivity index (χ0) is 11.7. The number of hydrogen-bond donors (Lipinski definition) is 2. The van der Waals surface area contributed by atoms with E-state index in [1.165, 1.54) is 0 Å². The molecule has 0 radical (unpaired) electrons. The zero-order valence-electron chi connectivity index (χ0n) is 9.99. The molecule has 0 saturated carbocycles. The lowest BCUT2D eigenvalue weighted by atomic mass is 10.5. The van der Waals surface area contributed by atoms with Crippen LogP contribution < -0.4 is 11.5 Å². The van der Waals surface area contributed by atoms with Crippen LogP contribution in [0.25, 0.3) is 0 Å². The lowest BCUT2D eigenvalue weighted by Crippen LogP contribution is -2.50. The first-order chi connectivity index (χ1) is 7.10. The van der Waals surface area contributed by atoms with Crippen LogP contribution in [0.4, 0.5) is 0 Å². The molecule has 0 bridgehead atoms. The monoisotopic (exact) mass is 236 g/mol. The van der Waals surface area contributed by atoms with Crippen molar-refractivity contribution in [3.05, 3.63) is 0 Å². The normalized spacial score (nSPS) is 14.2. The van der Waals surface area contributed by atoms with Gasteiger partial charge in [0.25, 0.3) is 0 Å². The van der Waals surface area contributed by atoms with Crippen LogP contribution in [0.5, 0.6) is 0 Å². The molecule has 0 fully saturated rings. The molecular formula is C9H24N2O3Si. The molecule has 92 valence electrons. The molecule has 0 aliphatic carbocycles. The summed E-state index contributed by atoms with van der Waals surface area (Å²) < 4.78 is 16.9. The van der Waals surface area contributed by atoms with Gasteiger partial charge < -0.3 is 24.7 Å². The van der Waals surface area contributed by atoms with E-state index in [1.54, 1.807) is 6.92 Å². The molecule has 1 unspecified atom stereocenters. The quantitative estimate of drug-likeness (QED) is 0.454. The molecule has 0 aliphatic rings. The third kappa shape index (κ3) is 6.24. The van der Waals surface area contributed by atoms with E-state index in [-0.39, 0.29) is 6.23 Å². The number of rotatable bonds is 9. The Morgan fingerprint density at radius 1 is 1.20 bits per heavy atom. The Morgan fingerprint density at radius 2 is 1.73 bits per heavy atom. The summed E-state index contributed by atoms with van der Waals surface area (Å²) in [5.41, 5.74) is 11.1. The minimum atomic E-state index is -2.58. The van der Waals surface area contributed by atoms with Crippen LogP contribution in [0.1, 0.15) is 27.2 Å². The largest absolute Gasteiger partial charge is 0.502 e. The Labute approximate surface area is 93.4 Å². The van der Waals surface area contributed by atoms with Gasteiger partial charge in [-0.3, -0.25) is 0 Å². The Balaban J connectivity index is 4.40. The van der Waals surface area contributed by atoms with Crippen LogP contribution in [0.15, 0.2) is 0 Å². The molecule has 0 aromatic carbocycles. The van der Waals surface area contributed by atoms with Crippen molar-refractivity contribution < 1.29 is 13.3 Å². The van der Waals surface area contributed by atoms with Gasteiger partial charge in [0.05, 0.1) is 6.23 Å². The van der Waals surface area contributed by atoms with Crippen molar-refractivity contribution in [2.45, 2.75) is 39.5 Å². The Morgan fingerprint density at radius 3 is 2.07 bits per heavy atom. The summed E-state index contributed by atoms with van der Waals surface area (Å²) in [5, 5.41) is 0. The minimum absolute atomic E-state index is 0.368. The maximum absolute atomic E-state index is 5.64. The SMILES string of the molecule is CCO[Si](CCCN)(OCC)OC(C)N. The first-order valence-electron chi connectivity index (χ1n) is 5.51. The summed E-state index contributed by atoms with van der Waals surface area (Å²) in [5.74, 6) is 0. The number of hydrogen-bond acceptors (Lipinski definition) is 5. The maximum atomic E-state index is 5.64. The smallest absolute Gasteiger partial charge is 0.374 e. The van der Waals surface area contributed by atoms with Crippen LogP contribution in [0.2, 0.25) is 6.04 Å². The van der Waals surface area contributed by atoms with Crippen LogP contribution in [0.3, 0.4) is 0 Å². The van der Waals surface area contributed by atoms with Crippen LogP contribution in [0, 0.1) is 0 Å². The van der Waals surface area contributed by atoms with Gasteiger partial charge in [-0.1, -0.05) is 0 Å². The van der Waals surface area contributed by atoms with Crippen molar-refractivity contribution in [2.24, 2.45) is 11.5 Å². The molecule has 0 amide bonds. The van der Waals surface area contributed by atoms with E-state index in [4.69, 9.17) is 24.7 Å². The lowest BCUT2D eigenvalue weighted by molar-refractivity contribution is 0.0402. The molecular weight excluding hydrogens is 212 g/mol. The third-order valence-corrected chi connectivity index (χ3v) is 4.93. The fraction of sp³-hybridized carbons (Fsp3) is 1.00. The molecule has 0 aromatic rings. The van der Waals surface area contributed by atoms with Crippen molar-refractivity contribution in [2.75, 3.05) is 19.8 Å². The molecule has 0 aliphatic heterocycles. The van der Waals surface area contributed by atoms with Gasteiger partial charge >= 0.3 is 8.80 Å². The molecule has 1 atom stereocenters. The molecule has 15 heavy (non-hydrogen) atoms. The van der Waals surface area contributed by atoms with Crippen LogP contribution >= 0.6 is 0 Å². The second kappa shape index (κ2) is 8.20. The van der Waals surface area contributed by atoms with Gasteiger partial charge in [0.15, 0.2) is 0 Å². The van der Waals surface area contributed by atoms with Crippen molar-refractivity contribution in [1.82, 2.24) is 0 Å². The fourth-order valence-electron chi connectivity index (χ4n) is 1.35. The van der Waals surface area contributed by atoms with Gasteiger partial charge in [-0.15, -0.1) is 0 Å². The number of nitrogens with two attached hydrogens (primary N) is 2. The van der Waals surface area contributed by atoms with Crippen molar-refractivity contribution in [1.29, 1.82) is 0 Å². The summed E-state index contributed by atoms with van der Waals surface area (Å²) in [6.07, 6.45) is 0.464. The molecule has 0 saturated heterocycles. The van der Waals surface area contributed by atoms with Gasteiger partial charge in [0, 0.05) is 19.3 Å². The highest BCUT2D eigenvalue weighted by Gasteiger charge is 2.40. The van der Waals surface area contributed by atoms with E-state index < -0.39 is 8.80 Å². The average Bonchev–Trinajstić information content (AvgIpc) is 2.14. The average molecular weight is 236 g/mol. The Kier molecular flexibility index (Phi) is 8.21. The Bertz CT molecular complexity index is 152. The van der Waals surface area contributed by atoms with E-state index in [0.717, 1.165) is 12.5 Å². The summed E-state index contributed by atoms with van der Waals surface area (Å²) in [4.78, 5) is 0. The van der Waals surface area contributed by atoms with Crippen LogP contribution in [-0.4, -0.2) is 34.8 Å².